The number of ketones is 1. The number of rotatable bonds is 10. The standard InChI is InChI=1S/C30H32N2O8S/c1-16(2)12-13-40-21-11-10-18(15-22(21)38-5)24-23(25(33)19-8-7-9-20(14-19)37-4)26(34)28(35)32(24)30-31-17(3)27(41-30)29(36)39-6/h7-11,14-16,24,33H,12-13H2,1-6H3/b25-23+. The number of nitrogens with zero attached hydrogens (tertiary/aromatic N) is 2. The third-order valence-electron chi connectivity index (χ3n) is 6.61. The molecule has 10 nitrogen and oxygen atoms in total. The van der Waals surface area contributed by atoms with E-state index >= 15 is 0 Å². The second kappa shape index (κ2) is 12.4. The summed E-state index contributed by atoms with van der Waals surface area (Å²) in [6.07, 6.45) is 0.845. The van der Waals surface area contributed by atoms with Crippen molar-refractivity contribution in [2.45, 2.75) is 33.2 Å². The van der Waals surface area contributed by atoms with Crippen LogP contribution in [0.15, 0.2) is 48.0 Å². The zero-order chi connectivity index (χ0) is 29.8. The number of esters is 1. The monoisotopic (exact) mass is 580 g/mol. The summed E-state index contributed by atoms with van der Waals surface area (Å²) in [6.45, 7) is 6.29. The van der Waals surface area contributed by atoms with Crippen molar-refractivity contribution in [2.75, 3.05) is 32.8 Å². The summed E-state index contributed by atoms with van der Waals surface area (Å²) in [5, 5.41) is 11.5. The van der Waals surface area contributed by atoms with Crippen LogP contribution in [0.3, 0.4) is 0 Å². The summed E-state index contributed by atoms with van der Waals surface area (Å²) < 4.78 is 21.7. The molecule has 1 atom stereocenters. The summed E-state index contributed by atoms with van der Waals surface area (Å²) >= 11 is 0.923. The maximum absolute atomic E-state index is 13.5. The van der Waals surface area contributed by atoms with Gasteiger partial charge in [0.2, 0.25) is 0 Å². The molecule has 0 spiro atoms. The first-order valence-electron chi connectivity index (χ1n) is 12.9. The van der Waals surface area contributed by atoms with E-state index in [2.05, 4.69) is 18.8 Å². The maximum Gasteiger partial charge on any atom is 0.350 e. The normalized spacial score (nSPS) is 16.3. The van der Waals surface area contributed by atoms with Crippen molar-refractivity contribution < 1.29 is 38.4 Å². The van der Waals surface area contributed by atoms with Crippen molar-refractivity contribution in [3.8, 4) is 17.2 Å². The quantitative estimate of drug-likeness (QED) is 0.147. The third kappa shape index (κ3) is 5.90. The fraction of sp³-hybridized carbons (Fsp3) is 0.333. The fourth-order valence-corrected chi connectivity index (χ4v) is 5.43. The minimum Gasteiger partial charge on any atom is -0.507 e. The van der Waals surface area contributed by atoms with Crippen LogP contribution in [0.25, 0.3) is 5.76 Å². The minimum atomic E-state index is -1.09. The second-order valence-electron chi connectivity index (χ2n) is 9.74. The predicted octanol–water partition coefficient (Wildman–Crippen LogP) is 5.31. The number of thiazole rings is 1. The highest BCUT2D eigenvalue weighted by atomic mass is 32.1. The molecule has 1 aromatic heterocycles. The Hall–Kier alpha value is -4.38. The van der Waals surface area contributed by atoms with E-state index in [1.807, 2.05) is 0 Å². The van der Waals surface area contributed by atoms with E-state index in [-0.39, 0.29) is 21.3 Å². The first-order chi connectivity index (χ1) is 19.6. The van der Waals surface area contributed by atoms with Crippen LogP contribution in [0.5, 0.6) is 17.2 Å². The lowest BCUT2D eigenvalue weighted by Crippen LogP contribution is -2.29. The molecule has 4 rings (SSSR count). The number of carbonyl (C=O) groups is 3. The molecule has 3 aromatic rings. The first-order valence-corrected chi connectivity index (χ1v) is 13.7. The van der Waals surface area contributed by atoms with Gasteiger partial charge >= 0.3 is 11.9 Å². The van der Waals surface area contributed by atoms with E-state index in [9.17, 15) is 19.5 Å². The van der Waals surface area contributed by atoms with Crippen LogP contribution in [0.2, 0.25) is 0 Å². The number of methoxy groups -OCH3 is 3. The lowest BCUT2D eigenvalue weighted by Gasteiger charge is -2.24. The number of ether oxygens (including phenoxy) is 4. The Kier molecular flexibility index (Phi) is 8.97. The molecule has 0 saturated carbocycles. The Morgan fingerprint density at radius 3 is 2.49 bits per heavy atom. The van der Waals surface area contributed by atoms with E-state index in [1.54, 1.807) is 49.4 Å². The molecule has 1 unspecified atom stereocenters. The Balaban J connectivity index is 1.90. The van der Waals surface area contributed by atoms with Crippen molar-refractivity contribution in [3.63, 3.8) is 0 Å². The van der Waals surface area contributed by atoms with E-state index < -0.39 is 23.7 Å². The molecule has 0 aliphatic carbocycles. The van der Waals surface area contributed by atoms with Gasteiger partial charge in [-0.25, -0.2) is 9.78 Å². The molecule has 0 bridgehead atoms. The number of aliphatic hydroxyl groups is 1. The van der Waals surface area contributed by atoms with E-state index in [0.717, 1.165) is 17.8 Å². The number of Topliss-reactive ketones (excluding diaryl/α,β-unsaturated/α-hetero) is 1. The van der Waals surface area contributed by atoms with Gasteiger partial charge in [0.1, 0.15) is 16.4 Å². The number of aromatic nitrogens is 1. The van der Waals surface area contributed by atoms with Crippen molar-refractivity contribution in [3.05, 3.63) is 69.7 Å². The van der Waals surface area contributed by atoms with Gasteiger partial charge < -0.3 is 24.1 Å². The Bertz CT molecular complexity index is 1510. The van der Waals surface area contributed by atoms with Gasteiger partial charge in [-0.2, -0.15) is 0 Å². The van der Waals surface area contributed by atoms with Gasteiger partial charge in [0.25, 0.3) is 5.78 Å². The minimum absolute atomic E-state index is 0.107. The highest BCUT2D eigenvalue weighted by Gasteiger charge is 2.48. The number of hydrogen-bond acceptors (Lipinski definition) is 10. The van der Waals surface area contributed by atoms with Crippen LogP contribution < -0.4 is 19.1 Å². The highest BCUT2D eigenvalue weighted by molar-refractivity contribution is 7.17. The number of aryl methyl sites for hydroxylation is 1. The van der Waals surface area contributed by atoms with Gasteiger partial charge in [0, 0.05) is 5.56 Å². The zero-order valence-corrected chi connectivity index (χ0v) is 24.5. The molecule has 1 N–H and O–H groups in total. The highest BCUT2D eigenvalue weighted by Crippen LogP contribution is 2.45. The van der Waals surface area contributed by atoms with E-state index in [4.69, 9.17) is 18.9 Å². The molecule has 1 aliphatic heterocycles. The summed E-state index contributed by atoms with van der Waals surface area (Å²) in [7, 11) is 4.23. The van der Waals surface area contributed by atoms with Gasteiger partial charge in [0.05, 0.1) is 45.2 Å². The maximum atomic E-state index is 13.5. The van der Waals surface area contributed by atoms with Crippen molar-refractivity contribution in [1.29, 1.82) is 0 Å². The first kappa shape index (κ1) is 29.6. The predicted molar refractivity (Wildman–Crippen MR) is 154 cm³/mol. The lowest BCUT2D eigenvalue weighted by atomic mass is 9.95. The van der Waals surface area contributed by atoms with Crippen LogP contribution >= 0.6 is 11.3 Å². The summed E-state index contributed by atoms with van der Waals surface area (Å²) in [6, 6.07) is 10.5. The SMILES string of the molecule is COC(=O)c1sc(N2C(=O)C(=O)/C(=C(/O)c3cccc(OC)c3)C2c2ccc(OCCC(C)C)c(OC)c2)nc1C. The number of amides is 1. The van der Waals surface area contributed by atoms with Gasteiger partial charge in [-0.05, 0) is 49.1 Å². The molecule has 1 saturated heterocycles. The average Bonchev–Trinajstić information content (AvgIpc) is 3.48. The second-order valence-corrected chi connectivity index (χ2v) is 10.7. The molecule has 41 heavy (non-hydrogen) atoms. The molecule has 11 heteroatoms. The molecule has 0 radical (unpaired) electrons. The van der Waals surface area contributed by atoms with Crippen molar-refractivity contribution in [1.82, 2.24) is 4.98 Å². The molecule has 216 valence electrons. The average molecular weight is 581 g/mol. The molecular formula is C30H32N2O8S. The van der Waals surface area contributed by atoms with Crippen LogP contribution in [-0.2, 0) is 14.3 Å². The topological polar surface area (TPSA) is 124 Å². The summed E-state index contributed by atoms with van der Waals surface area (Å²) in [4.78, 5) is 45.2. The van der Waals surface area contributed by atoms with Crippen LogP contribution in [0, 0.1) is 12.8 Å². The summed E-state index contributed by atoms with van der Waals surface area (Å²) in [5.41, 5.74) is 0.954. The van der Waals surface area contributed by atoms with Gasteiger partial charge in [-0.1, -0.05) is 43.4 Å². The van der Waals surface area contributed by atoms with Gasteiger partial charge in [0.15, 0.2) is 16.6 Å². The third-order valence-corrected chi connectivity index (χ3v) is 7.74. The van der Waals surface area contributed by atoms with Crippen molar-refractivity contribution >= 4 is 39.9 Å². The van der Waals surface area contributed by atoms with Crippen LogP contribution in [-0.4, -0.2) is 55.7 Å². The summed E-state index contributed by atoms with van der Waals surface area (Å²) in [5.74, 6) is -0.993. The van der Waals surface area contributed by atoms with Gasteiger partial charge in [-0.3, -0.25) is 14.5 Å². The number of benzene rings is 2. The van der Waals surface area contributed by atoms with Crippen molar-refractivity contribution in [2.24, 2.45) is 5.92 Å². The number of carbonyl (C=O) groups excluding carboxylic acids is 3. The van der Waals surface area contributed by atoms with E-state index in [1.165, 1.54) is 26.2 Å². The molecular weight excluding hydrogens is 548 g/mol. The molecule has 1 fully saturated rings. The van der Waals surface area contributed by atoms with Crippen LogP contribution in [0.4, 0.5) is 5.13 Å². The van der Waals surface area contributed by atoms with Gasteiger partial charge in [-0.15, -0.1) is 0 Å². The number of anilines is 1. The largest absolute Gasteiger partial charge is 0.507 e. The molecule has 2 aromatic carbocycles. The molecule has 1 aliphatic rings. The molecule has 1 amide bonds. The Labute approximate surface area is 242 Å². The molecule has 2 heterocycles. The van der Waals surface area contributed by atoms with Crippen LogP contribution in [0.1, 0.15) is 52.8 Å². The Morgan fingerprint density at radius 1 is 1.07 bits per heavy atom. The fourth-order valence-electron chi connectivity index (χ4n) is 4.42. The number of hydrogen-bond donors (Lipinski definition) is 1. The Morgan fingerprint density at radius 2 is 1.83 bits per heavy atom. The lowest BCUT2D eigenvalue weighted by molar-refractivity contribution is -0.132. The zero-order valence-electron chi connectivity index (χ0n) is 23.7. The smallest absolute Gasteiger partial charge is 0.350 e. The number of aliphatic hydroxyl groups excluding tert-OH is 1. The van der Waals surface area contributed by atoms with E-state index in [0.29, 0.717) is 46.6 Å².